The van der Waals surface area contributed by atoms with E-state index in [4.69, 9.17) is 0 Å². The first kappa shape index (κ1) is 14.9. The number of carbonyl (C=O) groups is 2. The molecule has 0 saturated carbocycles. The fraction of sp³-hybridized carbons (Fsp3) is 0.818. The maximum absolute atomic E-state index is 11.3. The van der Waals surface area contributed by atoms with Gasteiger partial charge in [0.05, 0.1) is 13.1 Å². The molecule has 0 aromatic heterocycles. The molecule has 0 unspecified atom stereocenters. The quantitative estimate of drug-likeness (QED) is 0.601. The summed E-state index contributed by atoms with van der Waals surface area (Å²) in [6.45, 7) is 8.75. The smallest absolute Gasteiger partial charge is 0.234 e. The van der Waals surface area contributed by atoms with Crippen molar-refractivity contribution in [2.24, 2.45) is 0 Å². The second kappa shape index (κ2) is 7.22. The molecule has 0 saturated heterocycles. The summed E-state index contributed by atoms with van der Waals surface area (Å²) in [4.78, 5) is 22.5. The van der Waals surface area contributed by atoms with Crippen LogP contribution in [0.15, 0.2) is 0 Å². The Morgan fingerprint density at radius 2 is 1.62 bits per heavy atom. The van der Waals surface area contributed by atoms with Crippen LogP contribution in [0, 0.1) is 0 Å². The summed E-state index contributed by atoms with van der Waals surface area (Å²) in [5, 5.41) is 8.32. The van der Waals surface area contributed by atoms with Gasteiger partial charge in [-0.25, -0.2) is 0 Å². The van der Waals surface area contributed by atoms with Crippen LogP contribution in [0.5, 0.6) is 0 Å². The average molecular weight is 229 g/mol. The normalized spacial score (nSPS) is 11.0. The van der Waals surface area contributed by atoms with Crippen LogP contribution >= 0.6 is 0 Å². The van der Waals surface area contributed by atoms with Gasteiger partial charge >= 0.3 is 0 Å². The van der Waals surface area contributed by atoms with Crippen molar-refractivity contribution in [1.29, 1.82) is 0 Å². The Morgan fingerprint density at radius 3 is 2.12 bits per heavy atom. The second-order valence-corrected chi connectivity index (χ2v) is 4.75. The zero-order valence-electron chi connectivity index (χ0n) is 10.6. The molecule has 5 heteroatoms. The van der Waals surface area contributed by atoms with Crippen molar-refractivity contribution in [2.45, 2.75) is 39.7 Å². The van der Waals surface area contributed by atoms with E-state index in [9.17, 15) is 9.59 Å². The first-order valence-corrected chi connectivity index (χ1v) is 5.63. The molecule has 0 bridgehead atoms. The summed E-state index contributed by atoms with van der Waals surface area (Å²) < 4.78 is 0. The minimum absolute atomic E-state index is 0.0783. The van der Waals surface area contributed by atoms with Gasteiger partial charge < -0.3 is 10.6 Å². The highest BCUT2D eigenvalue weighted by atomic mass is 16.2. The Labute approximate surface area is 97.4 Å². The molecule has 0 radical (unpaired) electrons. The van der Waals surface area contributed by atoms with E-state index >= 15 is 0 Å². The topological polar surface area (TPSA) is 70.2 Å². The second-order valence-electron chi connectivity index (χ2n) is 4.75. The fourth-order valence-corrected chi connectivity index (χ4v) is 1.08. The van der Waals surface area contributed by atoms with Crippen LogP contribution in [0.25, 0.3) is 0 Å². The van der Waals surface area contributed by atoms with E-state index in [1.165, 1.54) is 0 Å². The zero-order chi connectivity index (χ0) is 12.6. The van der Waals surface area contributed by atoms with Gasteiger partial charge in [-0.3, -0.25) is 14.9 Å². The molecule has 0 aliphatic carbocycles. The standard InChI is InChI=1S/C11H23N3O2/c1-5-6-13-9(15)7-12-8-10(16)14-11(2,3)4/h12H,5-8H2,1-4H3,(H,13,15)(H,14,16). The van der Waals surface area contributed by atoms with Gasteiger partial charge in [-0.1, -0.05) is 6.92 Å². The zero-order valence-corrected chi connectivity index (χ0v) is 10.6. The Balaban J connectivity index is 3.58. The van der Waals surface area contributed by atoms with Crippen LogP contribution < -0.4 is 16.0 Å². The Morgan fingerprint density at radius 1 is 1.06 bits per heavy atom. The molecule has 0 aromatic rings. The number of nitrogens with one attached hydrogen (secondary N) is 3. The van der Waals surface area contributed by atoms with Crippen molar-refractivity contribution >= 4 is 11.8 Å². The molecule has 94 valence electrons. The molecule has 0 aliphatic heterocycles. The molecular formula is C11H23N3O2. The predicted octanol–water partition coefficient (Wildman–Crippen LogP) is 0.0169. The van der Waals surface area contributed by atoms with Crippen LogP contribution in [0.1, 0.15) is 34.1 Å². The molecule has 5 nitrogen and oxygen atoms in total. The van der Waals surface area contributed by atoms with Gasteiger partial charge in [0, 0.05) is 12.1 Å². The van der Waals surface area contributed by atoms with E-state index in [0.29, 0.717) is 6.54 Å². The maximum Gasteiger partial charge on any atom is 0.234 e. The minimum atomic E-state index is -0.233. The van der Waals surface area contributed by atoms with E-state index in [0.717, 1.165) is 6.42 Å². The van der Waals surface area contributed by atoms with Crippen molar-refractivity contribution in [3.05, 3.63) is 0 Å². The molecule has 0 aliphatic rings. The molecule has 3 N–H and O–H groups in total. The number of carbonyl (C=O) groups excluding carboxylic acids is 2. The van der Waals surface area contributed by atoms with Crippen LogP contribution in [-0.2, 0) is 9.59 Å². The molecule has 0 rings (SSSR count). The third-order valence-electron chi connectivity index (χ3n) is 1.66. The Bertz CT molecular complexity index is 234. The Kier molecular flexibility index (Phi) is 6.72. The molecule has 0 aromatic carbocycles. The molecule has 0 atom stereocenters. The van der Waals surface area contributed by atoms with Gasteiger partial charge in [-0.15, -0.1) is 0 Å². The van der Waals surface area contributed by atoms with E-state index in [-0.39, 0.29) is 30.4 Å². The average Bonchev–Trinajstić information content (AvgIpc) is 2.11. The van der Waals surface area contributed by atoms with Crippen LogP contribution in [0.4, 0.5) is 0 Å². The van der Waals surface area contributed by atoms with Gasteiger partial charge in [-0.05, 0) is 27.2 Å². The molecule has 2 amide bonds. The van der Waals surface area contributed by atoms with E-state index < -0.39 is 0 Å². The SMILES string of the molecule is CCCNC(=O)CNCC(=O)NC(C)(C)C. The van der Waals surface area contributed by atoms with Crippen molar-refractivity contribution in [3.63, 3.8) is 0 Å². The van der Waals surface area contributed by atoms with Gasteiger partial charge in [0.25, 0.3) is 0 Å². The number of amides is 2. The molecule has 0 spiro atoms. The highest BCUT2D eigenvalue weighted by Crippen LogP contribution is 1.96. The molecule has 16 heavy (non-hydrogen) atoms. The van der Waals surface area contributed by atoms with Crippen LogP contribution in [0.2, 0.25) is 0 Å². The summed E-state index contributed by atoms with van der Waals surface area (Å²) in [6, 6.07) is 0. The lowest BCUT2D eigenvalue weighted by atomic mass is 10.1. The molecule has 0 heterocycles. The summed E-state index contributed by atoms with van der Waals surface area (Å²) >= 11 is 0. The number of rotatable bonds is 6. The molecule has 0 fully saturated rings. The summed E-state index contributed by atoms with van der Waals surface area (Å²) in [7, 11) is 0. The number of hydrogen-bond donors (Lipinski definition) is 3. The number of hydrogen-bond acceptors (Lipinski definition) is 3. The largest absolute Gasteiger partial charge is 0.355 e. The summed E-state index contributed by atoms with van der Waals surface area (Å²) in [6.07, 6.45) is 0.913. The first-order chi connectivity index (χ1) is 7.35. The molecular weight excluding hydrogens is 206 g/mol. The highest BCUT2D eigenvalue weighted by molar-refractivity contribution is 5.81. The predicted molar refractivity (Wildman–Crippen MR) is 64.1 cm³/mol. The van der Waals surface area contributed by atoms with Gasteiger partial charge in [0.15, 0.2) is 0 Å². The van der Waals surface area contributed by atoms with Gasteiger partial charge in [0.2, 0.25) is 11.8 Å². The van der Waals surface area contributed by atoms with Crippen molar-refractivity contribution < 1.29 is 9.59 Å². The lowest BCUT2D eigenvalue weighted by Crippen LogP contribution is -2.46. The van der Waals surface area contributed by atoms with Gasteiger partial charge in [0.1, 0.15) is 0 Å². The lowest BCUT2D eigenvalue weighted by Gasteiger charge is -2.20. The third-order valence-corrected chi connectivity index (χ3v) is 1.66. The van der Waals surface area contributed by atoms with Crippen molar-refractivity contribution in [3.8, 4) is 0 Å². The monoisotopic (exact) mass is 229 g/mol. The lowest BCUT2D eigenvalue weighted by molar-refractivity contribution is -0.122. The minimum Gasteiger partial charge on any atom is -0.355 e. The summed E-state index contributed by atoms with van der Waals surface area (Å²) in [5.41, 5.74) is -0.233. The van der Waals surface area contributed by atoms with Gasteiger partial charge in [-0.2, -0.15) is 0 Å². The Hall–Kier alpha value is -1.10. The van der Waals surface area contributed by atoms with Crippen LogP contribution in [0.3, 0.4) is 0 Å². The fourth-order valence-electron chi connectivity index (χ4n) is 1.08. The van der Waals surface area contributed by atoms with E-state index in [2.05, 4.69) is 16.0 Å². The third kappa shape index (κ3) is 9.45. The van der Waals surface area contributed by atoms with E-state index in [1.807, 2.05) is 27.7 Å². The van der Waals surface area contributed by atoms with Crippen LogP contribution in [-0.4, -0.2) is 37.0 Å². The maximum atomic E-state index is 11.3. The first-order valence-electron chi connectivity index (χ1n) is 5.63. The summed E-state index contributed by atoms with van der Waals surface area (Å²) in [5.74, 6) is -0.179. The van der Waals surface area contributed by atoms with E-state index in [1.54, 1.807) is 0 Å². The van der Waals surface area contributed by atoms with Crippen molar-refractivity contribution in [1.82, 2.24) is 16.0 Å². The highest BCUT2D eigenvalue weighted by Gasteiger charge is 2.13. The van der Waals surface area contributed by atoms with Crippen molar-refractivity contribution in [2.75, 3.05) is 19.6 Å².